The van der Waals surface area contributed by atoms with E-state index >= 15 is 0 Å². The van der Waals surface area contributed by atoms with E-state index in [4.69, 9.17) is 9.84 Å². The van der Waals surface area contributed by atoms with Crippen molar-refractivity contribution in [2.75, 3.05) is 26.8 Å². The second-order valence-electron chi connectivity index (χ2n) is 3.13. The molecule has 1 atom stereocenters. The number of ether oxygens (including phenoxy) is 1. The van der Waals surface area contributed by atoms with Gasteiger partial charge in [-0.05, 0) is 13.8 Å². The topological polar surface area (TPSA) is 78.9 Å². The molecular formula is C9H18N2O4. The number of carboxylic acid groups (broad SMARTS) is 1. The molecule has 1 unspecified atom stereocenters. The average molecular weight is 218 g/mol. The number of aliphatic carboxylic acids is 1. The zero-order chi connectivity index (χ0) is 11.8. The molecule has 0 spiro atoms. The maximum absolute atomic E-state index is 11.3. The molecule has 0 aliphatic rings. The van der Waals surface area contributed by atoms with Crippen LogP contribution < -0.4 is 5.32 Å². The predicted octanol–water partition coefficient (Wildman–Crippen LogP) is 0.137. The van der Waals surface area contributed by atoms with Gasteiger partial charge in [-0.3, -0.25) is 4.79 Å². The molecule has 6 nitrogen and oxygen atoms in total. The first-order valence-corrected chi connectivity index (χ1v) is 4.81. The summed E-state index contributed by atoms with van der Waals surface area (Å²) < 4.78 is 5.07. The van der Waals surface area contributed by atoms with Crippen LogP contribution in [0.3, 0.4) is 0 Å². The molecule has 0 aromatic rings. The molecule has 0 rings (SSSR count). The molecule has 88 valence electrons. The Hall–Kier alpha value is -1.30. The molecule has 0 bridgehead atoms. The van der Waals surface area contributed by atoms with E-state index in [1.165, 1.54) is 11.8 Å². The number of rotatable bonds is 6. The Kier molecular flexibility index (Phi) is 6.44. The molecule has 15 heavy (non-hydrogen) atoms. The normalized spacial score (nSPS) is 11.9. The number of likely N-dealkylation sites (N-methyl/N-ethyl adjacent to an activating group) is 1. The predicted molar refractivity (Wildman–Crippen MR) is 54.8 cm³/mol. The maximum atomic E-state index is 11.3. The number of carbonyl (C=O) groups is 2. The van der Waals surface area contributed by atoms with Crippen molar-refractivity contribution in [3.05, 3.63) is 0 Å². The van der Waals surface area contributed by atoms with E-state index in [9.17, 15) is 9.59 Å². The van der Waals surface area contributed by atoms with Gasteiger partial charge in [-0.1, -0.05) is 0 Å². The van der Waals surface area contributed by atoms with E-state index in [0.717, 1.165) is 0 Å². The highest BCUT2D eigenvalue weighted by Crippen LogP contribution is 1.88. The molecule has 0 aromatic heterocycles. The first-order chi connectivity index (χ1) is 6.99. The molecule has 2 N–H and O–H groups in total. The Labute approximate surface area is 89.2 Å². The Bertz CT molecular complexity index is 220. The van der Waals surface area contributed by atoms with Crippen LogP contribution in [0, 0.1) is 0 Å². The number of carboxylic acids is 1. The lowest BCUT2D eigenvalue weighted by Crippen LogP contribution is -2.46. The van der Waals surface area contributed by atoms with Gasteiger partial charge in [0.05, 0.1) is 6.61 Å². The molecule has 2 amide bonds. The Morgan fingerprint density at radius 2 is 2.13 bits per heavy atom. The highest BCUT2D eigenvalue weighted by molar-refractivity contribution is 5.82. The van der Waals surface area contributed by atoms with Crippen molar-refractivity contribution in [3.63, 3.8) is 0 Å². The monoisotopic (exact) mass is 218 g/mol. The van der Waals surface area contributed by atoms with Crippen molar-refractivity contribution in [3.8, 4) is 0 Å². The molecule has 0 aliphatic heterocycles. The number of amides is 2. The average Bonchev–Trinajstić information content (AvgIpc) is 2.17. The zero-order valence-electron chi connectivity index (χ0n) is 9.32. The summed E-state index contributed by atoms with van der Waals surface area (Å²) in [7, 11) is 1.59. The summed E-state index contributed by atoms with van der Waals surface area (Å²) >= 11 is 0. The summed E-state index contributed by atoms with van der Waals surface area (Å²) in [4.78, 5) is 23.2. The van der Waals surface area contributed by atoms with Crippen LogP contribution in [0.25, 0.3) is 0 Å². The van der Waals surface area contributed by atoms with Gasteiger partial charge in [0.1, 0.15) is 6.04 Å². The lowest BCUT2D eigenvalue weighted by Gasteiger charge is -2.19. The van der Waals surface area contributed by atoms with Gasteiger partial charge in [0.2, 0.25) is 0 Å². The molecule has 0 radical (unpaired) electrons. The van der Waals surface area contributed by atoms with Crippen LogP contribution in [-0.2, 0) is 9.53 Å². The largest absolute Gasteiger partial charge is 0.480 e. The van der Waals surface area contributed by atoms with Crippen molar-refractivity contribution < 1.29 is 19.4 Å². The van der Waals surface area contributed by atoms with Crippen LogP contribution in [0.5, 0.6) is 0 Å². The minimum absolute atomic E-state index is 0.412. The van der Waals surface area contributed by atoms with Gasteiger partial charge in [-0.2, -0.15) is 0 Å². The second kappa shape index (κ2) is 7.05. The Balaban J connectivity index is 3.83. The minimum Gasteiger partial charge on any atom is -0.480 e. The highest BCUT2D eigenvalue weighted by Gasteiger charge is 2.16. The highest BCUT2D eigenvalue weighted by atomic mass is 16.5. The number of carbonyl (C=O) groups excluding carboxylic acids is 1. The van der Waals surface area contributed by atoms with Gasteiger partial charge < -0.3 is 20.1 Å². The SMILES string of the molecule is CCOCCN(C)C(=O)NC(C)C(=O)O. The summed E-state index contributed by atoms with van der Waals surface area (Å²) in [6.07, 6.45) is 0. The second-order valence-corrected chi connectivity index (χ2v) is 3.13. The van der Waals surface area contributed by atoms with Crippen molar-refractivity contribution in [1.29, 1.82) is 0 Å². The third kappa shape index (κ3) is 5.90. The fourth-order valence-electron chi connectivity index (χ4n) is 0.805. The Morgan fingerprint density at radius 1 is 1.53 bits per heavy atom. The van der Waals surface area contributed by atoms with E-state index in [1.807, 2.05) is 6.92 Å². The number of nitrogens with one attached hydrogen (secondary N) is 1. The van der Waals surface area contributed by atoms with Crippen molar-refractivity contribution in [2.24, 2.45) is 0 Å². The van der Waals surface area contributed by atoms with Crippen LogP contribution in [0.4, 0.5) is 4.79 Å². The molecule has 0 aromatic carbocycles. The van der Waals surface area contributed by atoms with Gasteiger partial charge in [0.15, 0.2) is 0 Å². The number of urea groups is 1. The molecule has 6 heteroatoms. The van der Waals surface area contributed by atoms with Crippen LogP contribution in [0.1, 0.15) is 13.8 Å². The molecule has 0 aliphatic carbocycles. The summed E-state index contributed by atoms with van der Waals surface area (Å²) in [5.41, 5.74) is 0. The third-order valence-corrected chi connectivity index (χ3v) is 1.83. The molecule has 0 saturated heterocycles. The summed E-state index contributed by atoms with van der Waals surface area (Å²) in [5.74, 6) is -1.05. The standard InChI is InChI=1S/C9H18N2O4/c1-4-15-6-5-11(3)9(14)10-7(2)8(12)13/h7H,4-6H2,1-3H3,(H,10,14)(H,12,13). The van der Waals surface area contributed by atoms with Crippen molar-refractivity contribution >= 4 is 12.0 Å². The van der Waals surface area contributed by atoms with Gasteiger partial charge in [-0.15, -0.1) is 0 Å². The van der Waals surface area contributed by atoms with Crippen LogP contribution in [0.15, 0.2) is 0 Å². The van der Waals surface area contributed by atoms with E-state index in [-0.39, 0.29) is 0 Å². The van der Waals surface area contributed by atoms with Gasteiger partial charge in [0.25, 0.3) is 0 Å². The molecule has 0 fully saturated rings. The number of nitrogens with zero attached hydrogens (tertiary/aromatic N) is 1. The molecular weight excluding hydrogens is 200 g/mol. The third-order valence-electron chi connectivity index (χ3n) is 1.83. The minimum atomic E-state index is -1.05. The smallest absolute Gasteiger partial charge is 0.325 e. The van der Waals surface area contributed by atoms with Crippen LogP contribution in [-0.4, -0.2) is 54.9 Å². The summed E-state index contributed by atoms with van der Waals surface area (Å²) in [6.45, 7) is 4.76. The van der Waals surface area contributed by atoms with Crippen molar-refractivity contribution in [2.45, 2.75) is 19.9 Å². The first kappa shape index (κ1) is 13.7. The Morgan fingerprint density at radius 3 is 2.60 bits per heavy atom. The quantitative estimate of drug-likeness (QED) is 0.621. The summed E-state index contributed by atoms with van der Waals surface area (Å²) in [6, 6.07) is -1.29. The summed E-state index contributed by atoms with van der Waals surface area (Å²) in [5, 5.41) is 10.9. The molecule has 0 saturated carbocycles. The van der Waals surface area contributed by atoms with Gasteiger partial charge in [-0.25, -0.2) is 4.79 Å². The number of hydrogen-bond acceptors (Lipinski definition) is 3. The lowest BCUT2D eigenvalue weighted by molar-refractivity contribution is -0.138. The van der Waals surface area contributed by atoms with Crippen LogP contribution >= 0.6 is 0 Å². The fourth-order valence-corrected chi connectivity index (χ4v) is 0.805. The van der Waals surface area contributed by atoms with Crippen LogP contribution in [0.2, 0.25) is 0 Å². The number of hydrogen-bond donors (Lipinski definition) is 2. The lowest BCUT2D eigenvalue weighted by atomic mass is 10.3. The maximum Gasteiger partial charge on any atom is 0.325 e. The zero-order valence-corrected chi connectivity index (χ0v) is 9.32. The first-order valence-electron chi connectivity index (χ1n) is 4.81. The van der Waals surface area contributed by atoms with E-state index < -0.39 is 18.0 Å². The van der Waals surface area contributed by atoms with Crippen molar-refractivity contribution in [1.82, 2.24) is 10.2 Å². The van der Waals surface area contributed by atoms with E-state index in [2.05, 4.69) is 5.32 Å². The van der Waals surface area contributed by atoms with E-state index in [0.29, 0.717) is 19.8 Å². The van der Waals surface area contributed by atoms with E-state index in [1.54, 1.807) is 7.05 Å². The van der Waals surface area contributed by atoms with Gasteiger partial charge >= 0.3 is 12.0 Å². The van der Waals surface area contributed by atoms with Gasteiger partial charge in [0, 0.05) is 20.2 Å². The molecule has 0 heterocycles. The fraction of sp³-hybridized carbons (Fsp3) is 0.778.